The first-order valence-electron chi connectivity index (χ1n) is 4.67. The first kappa shape index (κ1) is 11.5. The summed E-state index contributed by atoms with van der Waals surface area (Å²) in [7, 11) is 0. The minimum absolute atomic E-state index is 0.218. The second-order valence-electron chi connectivity index (χ2n) is 3.18. The van der Waals surface area contributed by atoms with E-state index in [-0.39, 0.29) is 5.82 Å². The third-order valence-electron chi connectivity index (χ3n) is 2.05. The van der Waals surface area contributed by atoms with Gasteiger partial charge in [0.15, 0.2) is 0 Å². The fourth-order valence-corrected chi connectivity index (χ4v) is 1.85. The van der Waals surface area contributed by atoms with Gasteiger partial charge in [0.1, 0.15) is 5.82 Å². The van der Waals surface area contributed by atoms with Gasteiger partial charge < -0.3 is 5.11 Å². The van der Waals surface area contributed by atoms with E-state index in [9.17, 15) is 9.50 Å². The highest BCUT2D eigenvalue weighted by Gasteiger charge is 2.08. The smallest absolute Gasteiger partial charge is 0.126 e. The van der Waals surface area contributed by atoms with Crippen molar-refractivity contribution in [2.24, 2.45) is 0 Å². The lowest BCUT2D eigenvalue weighted by atomic mass is 10.1. The van der Waals surface area contributed by atoms with Gasteiger partial charge >= 0.3 is 0 Å². The van der Waals surface area contributed by atoms with Gasteiger partial charge in [-0.15, -0.1) is 0 Å². The fourth-order valence-electron chi connectivity index (χ4n) is 1.20. The lowest BCUT2D eigenvalue weighted by Crippen LogP contribution is -2.01. The van der Waals surface area contributed by atoms with Crippen LogP contribution in [0.2, 0.25) is 0 Å². The molecule has 1 nitrogen and oxygen atoms in total. The number of hydrogen-bond acceptors (Lipinski definition) is 2. The van der Waals surface area contributed by atoms with Crippen molar-refractivity contribution in [2.75, 3.05) is 11.5 Å². The van der Waals surface area contributed by atoms with E-state index in [1.54, 1.807) is 30.8 Å². The molecule has 0 fully saturated rings. The predicted octanol–water partition coefficient (Wildman–Crippen LogP) is 2.92. The lowest BCUT2D eigenvalue weighted by Gasteiger charge is -2.10. The predicted molar refractivity (Wildman–Crippen MR) is 59.1 cm³/mol. The van der Waals surface area contributed by atoms with Gasteiger partial charge in [-0.2, -0.15) is 11.8 Å². The molecule has 14 heavy (non-hydrogen) atoms. The Morgan fingerprint density at radius 1 is 1.50 bits per heavy atom. The first-order chi connectivity index (χ1) is 6.65. The normalized spacial score (nSPS) is 12.9. The van der Waals surface area contributed by atoms with Crippen molar-refractivity contribution < 1.29 is 9.50 Å². The number of aliphatic hydroxyl groups excluding tert-OH is 1. The van der Waals surface area contributed by atoms with Crippen molar-refractivity contribution in [1.29, 1.82) is 0 Å². The molecule has 1 unspecified atom stereocenters. The number of aliphatic hydroxyl groups is 1. The van der Waals surface area contributed by atoms with Crippen LogP contribution in [0, 0.1) is 12.7 Å². The van der Waals surface area contributed by atoms with Crippen molar-refractivity contribution >= 4 is 11.8 Å². The number of thioether (sulfide) groups is 1. The minimum atomic E-state index is -0.487. The number of aryl methyl sites for hydroxylation is 1. The molecule has 0 aromatic heterocycles. The summed E-state index contributed by atoms with van der Waals surface area (Å²) in [5.41, 5.74) is 1.38. The van der Waals surface area contributed by atoms with E-state index in [4.69, 9.17) is 0 Å². The lowest BCUT2D eigenvalue weighted by molar-refractivity contribution is 0.204. The molecule has 78 valence electrons. The molecule has 1 N–H and O–H groups in total. The van der Waals surface area contributed by atoms with E-state index in [2.05, 4.69) is 0 Å². The average Bonchev–Trinajstić information content (AvgIpc) is 2.18. The van der Waals surface area contributed by atoms with Gasteiger partial charge in [0.25, 0.3) is 0 Å². The molecule has 0 spiro atoms. The zero-order valence-electron chi connectivity index (χ0n) is 8.46. The van der Waals surface area contributed by atoms with E-state index in [1.165, 1.54) is 6.07 Å². The molecule has 1 aromatic carbocycles. The minimum Gasteiger partial charge on any atom is -0.388 e. The Labute approximate surface area is 88.3 Å². The van der Waals surface area contributed by atoms with E-state index in [0.717, 1.165) is 11.3 Å². The summed E-state index contributed by atoms with van der Waals surface area (Å²) >= 11 is 1.68. The highest BCUT2D eigenvalue weighted by Crippen LogP contribution is 2.20. The maximum atomic E-state index is 12.9. The Morgan fingerprint density at radius 3 is 2.79 bits per heavy atom. The second-order valence-corrected chi connectivity index (χ2v) is 4.50. The van der Waals surface area contributed by atoms with Crippen molar-refractivity contribution in [3.63, 3.8) is 0 Å². The van der Waals surface area contributed by atoms with Gasteiger partial charge in [-0.3, -0.25) is 0 Å². The van der Waals surface area contributed by atoms with Gasteiger partial charge in [0.05, 0.1) is 6.10 Å². The molecule has 1 rings (SSSR count). The zero-order chi connectivity index (χ0) is 10.6. The number of benzene rings is 1. The van der Waals surface area contributed by atoms with Gasteiger partial charge in [-0.25, -0.2) is 4.39 Å². The SMILES string of the molecule is CCSCC(O)c1ccc(F)c(C)c1. The maximum absolute atomic E-state index is 12.9. The van der Waals surface area contributed by atoms with Crippen LogP contribution in [0.5, 0.6) is 0 Å². The Balaban J connectivity index is 2.70. The van der Waals surface area contributed by atoms with E-state index in [0.29, 0.717) is 11.3 Å². The molecule has 0 aliphatic heterocycles. The summed E-state index contributed by atoms with van der Waals surface area (Å²) in [5, 5.41) is 9.72. The van der Waals surface area contributed by atoms with Crippen LogP contribution in [-0.2, 0) is 0 Å². The third-order valence-corrected chi connectivity index (χ3v) is 3.01. The molecule has 0 saturated heterocycles. The zero-order valence-corrected chi connectivity index (χ0v) is 9.27. The molecule has 3 heteroatoms. The summed E-state index contributed by atoms with van der Waals surface area (Å²) in [6, 6.07) is 4.75. The maximum Gasteiger partial charge on any atom is 0.126 e. The molecular formula is C11H15FOS. The molecule has 0 bridgehead atoms. The van der Waals surface area contributed by atoms with Crippen molar-refractivity contribution in [1.82, 2.24) is 0 Å². The standard InChI is InChI=1S/C11H15FOS/c1-3-14-7-11(13)9-4-5-10(12)8(2)6-9/h4-6,11,13H,3,7H2,1-2H3. The summed E-state index contributed by atoms with van der Waals surface area (Å²) in [6.45, 7) is 3.76. The second kappa shape index (κ2) is 5.37. The topological polar surface area (TPSA) is 20.2 Å². The van der Waals surface area contributed by atoms with E-state index < -0.39 is 6.10 Å². The average molecular weight is 214 g/mol. The number of halogens is 1. The van der Waals surface area contributed by atoms with E-state index >= 15 is 0 Å². The van der Waals surface area contributed by atoms with Crippen molar-refractivity contribution in [2.45, 2.75) is 20.0 Å². The van der Waals surface area contributed by atoms with Gasteiger partial charge in [0.2, 0.25) is 0 Å². The highest BCUT2D eigenvalue weighted by molar-refractivity contribution is 7.99. The van der Waals surface area contributed by atoms with Crippen LogP contribution in [0.4, 0.5) is 4.39 Å². The van der Waals surface area contributed by atoms with Gasteiger partial charge in [0, 0.05) is 5.75 Å². The van der Waals surface area contributed by atoms with Crippen LogP contribution in [0.25, 0.3) is 0 Å². The third kappa shape index (κ3) is 3.00. The van der Waals surface area contributed by atoms with Crippen LogP contribution in [0.3, 0.4) is 0 Å². The van der Waals surface area contributed by atoms with Crippen LogP contribution < -0.4 is 0 Å². The fraction of sp³-hybridized carbons (Fsp3) is 0.455. The molecule has 0 aliphatic carbocycles. The quantitative estimate of drug-likeness (QED) is 0.831. The Bertz CT molecular complexity index is 301. The molecule has 0 aliphatic rings. The molecule has 0 heterocycles. The molecule has 1 aromatic rings. The molecule has 1 atom stereocenters. The molecule has 0 saturated carbocycles. The summed E-state index contributed by atoms with van der Waals surface area (Å²) in [6.07, 6.45) is -0.487. The monoisotopic (exact) mass is 214 g/mol. The number of hydrogen-bond donors (Lipinski definition) is 1. The number of rotatable bonds is 4. The molecule has 0 amide bonds. The Morgan fingerprint density at radius 2 is 2.21 bits per heavy atom. The highest BCUT2D eigenvalue weighted by atomic mass is 32.2. The van der Waals surface area contributed by atoms with E-state index in [1.807, 2.05) is 6.92 Å². The van der Waals surface area contributed by atoms with Crippen LogP contribution >= 0.6 is 11.8 Å². The molecular weight excluding hydrogens is 199 g/mol. The largest absolute Gasteiger partial charge is 0.388 e. The van der Waals surface area contributed by atoms with Gasteiger partial charge in [-0.05, 0) is 29.9 Å². The Kier molecular flexibility index (Phi) is 4.42. The first-order valence-corrected chi connectivity index (χ1v) is 5.82. The summed E-state index contributed by atoms with van der Waals surface area (Å²) < 4.78 is 12.9. The van der Waals surface area contributed by atoms with Crippen LogP contribution in [-0.4, -0.2) is 16.6 Å². The Hall–Kier alpha value is -0.540. The molecule has 0 radical (unpaired) electrons. The summed E-state index contributed by atoms with van der Waals surface area (Å²) in [4.78, 5) is 0. The van der Waals surface area contributed by atoms with Crippen molar-refractivity contribution in [3.8, 4) is 0 Å². The van der Waals surface area contributed by atoms with Crippen LogP contribution in [0.15, 0.2) is 18.2 Å². The van der Waals surface area contributed by atoms with Crippen molar-refractivity contribution in [3.05, 3.63) is 35.1 Å². The van der Waals surface area contributed by atoms with Crippen LogP contribution in [0.1, 0.15) is 24.2 Å². The summed E-state index contributed by atoms with van der Waals surface area (Å²) in [5.74, 6) is 1.43. The van der Waals surface area contributed by atoms with Gasteiger partial charge in [-0.1, -0.05) is 19.1 Å².